The summed E-state index contributed by atoms with van der Waals surface area (Å²) in [5.41, 5.74) is 1.14. The van der Waals surface area contributed by atoms with E-state index in [-0.39, 0.29) is 11.3 Å². The second kappa shape index (κ2) is 5.79. The van der Waals surface area contributed by atoms with E-state index >= 15 is 0 Å². The summed E-state index contributed by atoms with van der Waals surface area (Å²) in [5.74, 6) is 0.0231. The van der Waals surface area contributed by atoms with Crippen LogP contribution in [0.25, 0.3) is 0 Å². The van der Waals surface area contributed by atoms with Crippen molar-refractivity contribution in [2.24, 2.45) is 0 Å². The summed E-state index contributed by atoms with van der Waals surface area (Å²) >= 11 is 6.00. The number of carbonyl (C=O) groups excluding carboxylic acids is 1. The van der Waals surface area contributed by atoms with E-state index in [0.29, 0.717) is 16.5 Å². The number of carbonyl (C=O) groups is 1. The fourth-order valence-corrected chi connectivity index (χ4v) is 1.85. The molecule has 1 aromatic heterocycles. The zero-order valence-electron chi connectivity index (χ0n) is 11.0. The highest BCUT2D eigenvalue weighted by atomic mass is 35.5. The molecule has 0 atom stereocenters. The van der Waals surface area contributed by atoms with E-state index in [1.54, 1.807) is 12.1 Å². The topological polar surface area (TPSA) is 71.2 Å². The first kappa shape index (κ1) is 14.1. The van der Waals surface area contributed by atoms with Gasteiger partial charge in [0, 0.05) is 17.2 Å². The molecule has 5 nitrogen and oxygen atoms in total. The van der Waals surface area contributed by atoms with E-state index in [2.05, 4.69) is 10.3 Å². The van der Waals surface area contributed by atoms with E-state index < -0.39 is 5.91 Å². The predicted octanol–water partition coefficient (Wildman–Crippen LogP) is 2.60. The summed E-state index contributed by atoms with van der Waals surface area (Å²) in [6.07, 6.45) is 0. The molecule has 0 saturated carbocycles. The summed E-state index contributed by atoms with van der Waals surface area (Å²) in [7, 11) is 1.49. The highest BCUT2D eigenvalue weighted by Gasteiger charge is 2.12. The van der Waals surface area contributed by atoms with Gasteiger partial charge in [0.1, 0.15) is 11.4 Å². The zero-order chi connectivity index (χ0) is 14.7. The number of rotatable bonds is 3. The molecule has 20 heavy (non-hydrogen) atoms. The van der Waals surface area contributed by atoms with Gasteiger partial charge in [-0.1, -0.05) is 17.7 Å². The minimum Gasteiger partial charge on any atom is -0.495 e. The Balaban J connectivity index is 2.32. The van der Waals surface area contributed by atoms with E-state index in [4.69, 9.17) is 16.3 Å². The van der Waals surface area contributed by atoms with Crippen LogP contribution in [0, 0.1) is 6.92 Å². The number of ether oxygens (including phenoxy) is 1. The average molecular weight is 293 g/mol. The van der Waals surface area contributed by atoms with Crippen LogP contribution in [0.4, 0.5) is 5.69 Å². The molecule has 0 unspecified atom stereocenters. The number of hydrogen-bond donors (Lipinski definition) is 2. The maximum Gasteiger partial charge on any atom is 0.272 e. The molecule has 2 rings (SSSR count). The van der Waals surface area contributed by atoms with Crippen molar-refractivity contribution in [3.05, 3.63) is 57.0 Å². The van der Waals surface area contributed by atoms with Gasteiger partial charge in [-0.05, 0) is 24.6 Å². The molecule has 0 aliphatic heterocycles. The molecule has 0 fully saturated rings. The Morgan fingerprint density at radius 1 is 1.35 bits per heavy atom. The van der Waals surface area contributed by atoms with E-state index in [0.717, 1.165) is 5.56 Å². The van der Waals surface area contributed by atoms with Crippen molar-refractivity contribution in [3.63, 3.8) is 0 Å². The molecule has 1 aromatic carbocycles. The number of H-pyrrole nitrogens is 1. The third-order valence-corrected chi connectivity index (χ3v) is 3.15. The Labute approximate surface area is 120 Å². The maximum absolute atomic E-state index is 12.1. The van der Waals surface area contributed by atoms with Crippen LogP contribution in [0.2, 0.25) is 5.02 Å². The van der Waals surface area contributed by atoms with Gasteiger partial charge >= 0.3 is 0 Å². The maximum atomic E-state index is 12.1. The number of aromatic amines is 1. The average Bonchev–Trinajstić information content (AvgIpc) is 2.42. The van der Waals surface area contributed by atoms with Gasteiger partial charge in [0.15, 0.2) is 0 Å². The Hall–Kier alpha value is -2.27. The number of nitrogens with one attached hydrogen (secondary N) is 2. The van der Waals surface area contributed by atoms with Crippen molar-refractivity contribution < 1.29 is 9.53 Å². The van der Waals surface area contributed by atoms with Crippen molar-refractivity contribution in [2.45, 2.75) is 6.92 Å². The van der Waals surface area contributed by atoms with Gasteiger partial charge in [-0.25, -0.2) is 0 Å². The molecule has 2 N–H and O–H groups in total. The van der Waals surface area contributed by atoms with Crippen LogP contribution in [0.5, 0.6) is 5.75 Å². The zero-order valence-corrected chi connectivity index (χ0v) is 11.7. The first-order valence-electron chi connectivity index (χ1n) is 5.86. The smallest absolute Gasteiger partial charge is 0.272 e. The lowest BCUT2D eigenvalue weighted by atomic mass is 10.2. The normalized spacial score (nSPS) is 10.2. The first-order valence-corrected chi connectivity index (χ1v) is 6.24. The predicted molar refractivity (Wildman–Crippen MR) is 77.8 cm³/mol. The third-order valence-electron chi connectivity index (χ3n) is 2.74. The van der Waals surface area contributed by atoms with Gasteiger partial charge in [0.25, 0.3) is 5.91 Å². The van der Waals surface area contributed by atoms with Crippen molar-refractivity contribution >= 4 is 23.2 Å². The molecule has 0 radical (unpaired) electrons. The van der Waals surface area contributed by atoms with Crippen LogP contribution >= 0.6 is 11.6 Å². The number of aryl methyl sites for hydroxylation is 1. The Kier molecular flexibility index (Phi) is 4.10. The minimum atomic E-state index is -0.428. The molecule has 6 heteroatoms. The molecule has 0 spiro atoms. The number of hydrogen-bond acceptors (Lipinski definition) is 3. The largest absolute Gasteiger partial charge is 0.495 e. The van der Waals surface area contributed by atoms with Crippen LogP contribution < -0.4 is 15.6 Å². The van der Waals surface area contributed by atoms with Crippen molar-refractivity contribution in [3.8, 4) is 5.75 Å². The molecule has 0 bridgehead atoms. The van der Waals surface area contributed by atoms with Crippen LogP contribution in [-0.4, -0.2) is 18.0 Å². The first-order chi connectivity index (χ1) is 9.51. The summed E-state index contributed by atoms with van der Waals surface area (Å²) in [6.45, 7) is 1.82. The molecule has 104 valence electrons. The number of pyridine rings is 1. The third kappa shape index (κ3) is 3.00. The molecular weight excluding hydrogens is 280 g/mol. The second-order valence-corrected chi connectivity index (χ2v) is 4.59. The van der Waals surface area contributed by atoms with Gasteiger partial charge in [0.2, 0.25) is 5.56 Å². The van der Waals surface area contributed by atoms with Crippen LogP contribution in [-0.2, 0) is 0 Å². The van der Waals surface area contributed by atoms with Gasteiger partial charge in [-0.2, -0.15) is 0 Å². The lowest BCUT2D eigenvalue weighted by Crippen LogP contribution is -2.18. The number of anilines is 1. The number of halogens is 1. The monoisotopic (exact) mass is 292 g/mol. The van der Waals surface area contributed by atoms with Crippen LogP contribution in [0.1, 0.15) is 16.1 Å². The van der Waals surface area contributed by atoms with Gasteiger partial charge < -0.3 is 15.0 Å². The summed E-state index contributed by atoms with van der Waals surface area (Å²) in [6, 6.07) is 7.70. The number of aromatic nitrogens is 1. The van der Waals surface area contributed by atoms with Crippen LogP contribution in [0.15, 0.2) is 35.1 Å². The summed E-state index contributed by atoms with van der Waals surface area (Å²) in [4.78, 5) is 25.7. The SMILES string of the molecule is COc1cc(Cl)c(C)cc1NC(=O)c1cccc(=O)[nH]1. The Morgan fingerprint density at radius 3 is 2.75 bits per heavy atom. The van der Waals surface area contributed by atoms with Crippen molar-refractivity contribution in [1.82, 2.24) is 4.98 Å². The molecule has 1 heterocycles. The number of benzene rings is 1. The Morgan fingerprint density at radius 2 is 2.10 bits per heavy atom. The van der Waals surface area contributed by atoms with E-state index in [1.807, 2.05) is 6.92 Å². The highest BCUT2D eigenvalue weighted by Crippen LogP contribution is 2.31. The van der Waals surface area contributed by atoms with E-state index in [9.17, 15) is 9.59 Å². The van der Waals surface area contributed by atoms with Gasteiger partial charge in [0.05, 0.1) is 12.8 Å². The molecule has 0 aliphatic rings. The van der Waals surface area contributed by atoms with Gasteiger partial charge in [-0.3, -0.25) is 9.59 Å². The van der Waals surface area contributed by atoms with Crippen molar-refractivity contribution in [1.29, 1.82) is 0 Å². The second-order valence-electron chi connectivity index (χ2n) is 4.18. The summed E-state index contributed by atoms with van der Waals surface area (Å²) < 4.78 is 5.17. The summed E-state index contributed by atoms with van der Waals surface area (Å²) in [5, 5.41) is 3.23. The number of methoxy groups -OCH3 is 1. The lowest BCUT2D eigenvalue weighted by Gasteiger charge is -2.12. The molecular formula is C14H13ClN2O3. The fourth-order valence-electron chi connectivity index (χ4n) is 1.70. The molecule has 0 saturated heterocycles. The Bertz CT molecular complexity index is 710. The van der Waals surface area contributed by atoms with Gasteiger partial charge in [-0.15, -0.1) is 0 Å². The standard InChI is InChI=1S/C14H13ClN2O3/c1-8-6-11(12(20-2)7-9(8)15)17-14(19)10-4-3-5-13(18)16-10/h3-7H,1-2H3,(H,16,18)(H,17,19). The lowest BCUT2D eigenvalue weighted by molar-refractivity contribution is 0.102. The fraction of sp³-hybridized carbons (Fsp3) is 0.143. The quantitative estimate of drug-likeness (QED) is 0.913. The highest BCUT2D eigenvalue weighted by molar-refractivity contribution is 6.31. The molecule has 1 amide bonds. The van der Waals surface area contributed by atoms with Crippen LogP contribution in [0.3, 0.4) is 0 Å². The molecule has 0 aliphatic carbocycles. The molecule has 2 aromatic rings. The number of amides is 1. The minimum absolute atomic E-state index is 0.173. The van der Waals surface area contributed by atoms with Crippen molar-refractivity contribution in [2.75, 3.05) is 12.4 Å². The van der Waals surface area contributed by atoms with E-state index in [1.165, 1.54) is 25.3 Å².